The molecule has 4 heteroatoms. The standard InChI is InChI=1S/C15H14N2OS/c1-3-11(10-6-7-16-12(10)4-1)15-17-9-14(19-15)13-5-2-8-18-13/h1,3-4,6-7,9,13,16H,2,5,8H2. The predicted octanol–water partition coefficient (Wildman–Crippen LogP) is 4.14. The molecule has 0 radical (unpaired) electrons. The molecule has 1 aliphatic rings. The largest absolute Gasteiger partial charge is 0.373 e. The Morgan fingerprint density at radius 3 is 3.21 bits per heavy atom. The van der Waals surface area contributed by atoms with Crippen molar-refractivity contribution in [2.45, 2.75) is 18.9 Å². The molecule has 3 nitrogen and oxygen atoms in total. The molecule has 2 aromatic heterocycles. The highest BCUT2D eigenvalue weighted by Crippen LogP contribution is 2.37. The van der Waals surface area contributed by atoms with E-state index in [0.29, 0.717) is 0 Å². The van der Waals surface area contributed by atoms with Crippen LogP contribution in [0.25, 0.3) is 21.5 Å². The summed E-state index contributed by atoms with van der Waals surface area (Å²) in [5.74, 6) is 0. The third-order valence-electron chi connectivity index (χ3n) is 3.60. The summed E-state index contributed by atoms with van der Waals surface area (Å²) in [5, 5.41) is 2.31. The number of aromatic nitrogens is 2. The van der Waals surface area contributed by atoms with Crippen molar-refractivity contribution in [1.29, 1.82) is 0 Å². The smallest absolute Gasteiger partial charge is 0.124 e. The fourth-order valence-electron chi connectivity index (χ4n) is 2.63. The van der Waals surface area contributed by atoms with E-state index < -0.39 is 0 Å². The number of fused-ring (bicyclic) bond motifs is 1. The monoisotopic (exact) mass is 270 g/mol. The van der Waals surface area contributed by atoms with Gasteiger partial charge in [-0.25, -0.2) is 4.98 Å². The van der Waals surface area contributed by atoms with E-state index in [1.165, 1.54) is 15.8 Å². The Morgan fingerprint density at radius 2 is 2.32 bits per heavy atom. The average Bonchev–Trinajstić information content (AvgIpc) is 3.18. The van der Waals surface area contributed by atoms with Crippen molar-refractivity contribution in [3.05, 3.63) is 41.5 Å². The number of hydrogen-bond donors (Lipinski definition) is 1. The second-order valence-electron chi connectivity index (χ2n) is 4.81. The van der Waals surface area contributed by atoms with Gasteiger partial charge in [0.2, 0.25) is 0 Å². The first-order chi connectivity index (χ1) is 9.42. The fourth-order valence-corrected chi connectivity index (χ4v) is 3.67. The molecule has 0 spiro atoms. The number of ether oxygens (including phenoxy) is 1. The summed E-state index contributed by atoms with van der Waals surface area (Å²) >= 11 is 1.75. The zero-order valence-corrected chi connectivity index (χ0v) is 11.2. The van der Waals surface area contributed by atoms with Crippen LogP contribution in [0.5, 0.6) is 0 Å². The van der Waals surface area contributed by atoms with Crippen LogP contribution in [-0.2, 0) is 4.74 Å². The van der Waals surface area contributed by atoms with Gasteiger partial charge < -0.3 is 9.72 Å². The van der Waals surface area contributed by atoms with Crippen molar-refractivity contribution < 1.29 is 4.74 Å². The molecule has 0 saturated carbocycles. The van der Waals surface area contributed by atoms with Gasteiger partial charge in [0.1, 0.15) is 5.01 Å². The molecule has 0 bridgehead atoms. The lowest BCUT2D eigenvalue weighted by Gasteiger charge is -2.04. The zero-order valence-electron chi connectivity index (χ0n) is 10.4. The van der Waals surface area contributed by atoms with E-state index in [1.54, 1.807) is 11.3 Å². The van der Waals surface area contributed by atoms with Gasteiger partial charge in [0, 0.05) is 35.5 Å². The van der Waals surface area contributed by atoms with E-state index in [0.717, 1.165) is 30.0 Å². The Kier molecular flexibility index (Phi) is 2.64. The minimum absolute atomic E-state index is 0.261. The minimum atomic E-state index is 0.261. The maximum absolute atomic E-state index is 5.72. The Hall–Kier alpha value is -1.65. The van der Waals surface area contributed by atoms with Crippen molar-refractivity contribution in [3.8, 4) is 10.6 Å². The van der Waals surface area contributed by atoms with E-state index in [4.69, 9.17) is 4.74 Å². The van der Waals surface area contributed by atoms with Crippen molar-refractivity contribution in [3.63, 3.8) is 0 Å². The molecule has 19 heavy (non-hydrogen) atoms. The van der Waals surface area contributed by atoms with E-state index in [1.807, 2.05) is 12.4 Å². The first kappa shape index (κ1) is 11.2. The lowest BCUT2D eigenvalue weighted by molar-refractivity contribution is 0.114. The Morgan fingerprint density at radius 1 is 1.32 bits per heavy atom. The van der Waals surface area contributed by atoms with Gasteiger partial charge in [0.25, 0.3) is 0 Å². The van der Waals surface area contributed by atoms with Crippen LogP contribution in [0.2, 0.25) is 0 Å². The Labute approximate surface area is 115 Å². The van der Waals surface area contributed by atoms with Crippen LogP contribution in [-0.4, -0.2) is 16.6 Å². The maximum atomic E-state index is 5.72. The summed E-state index contributed by atoms with van der Waals surface area (Å²) in [6.07, 6.45) is 6.49. The molecular weight excluding hydrogens is 256 g/mol. The number of hydrogen-bond acceptors (Lipinski definition) is 3. The van der Waals surface area contributed by atoms with Crippen molar-refractivity contribution >= 4 is 22.2 Å². The molecule has 96 valence electrons. The highest BCUT2D eigenvalue weighted by Gasteiger charge is 2.20. The second kappa shape index (κ2) is 4.47. The lowest BCUT2D eigenvalue weighted by atomic mass is 10.1. The van der Waals surface area contributed by atoms with Crippen molar-refractivity contribution in [2.24, 2.45) is 0 Å². The number of nitrogens with zero attached hydrogens (tertiary/aromatic N) is 1. The number of rotatable bonds is 2. The number of H-pyrrole nitrogens is 1. The average molecular weight is 270 g/mol. The molecular formula is C15H14N2OS. The molecule has 1 atom stereocenters. The minimum Gasteiger partial charge on any atom is -0.373 e. The van der Waals surface area contributed by atoms with Gasteiger partial charge in [-0.2, -0.15) is 0 Å². The van der Waals surface area contributed by atoms with Crippen LogP contribution in [0.1, 0.15) is 23.8 Å². The third kappa shape index (κ3) is 1.88. The van der Waals surface area contributed by atoms with Crippen LogP contribution in [0.4, 0.5) is 0 Å². The highest BCUT2D eigenvalue weighted by molar-refractivity contribution is 7.15. The maximum Gasteiger partial charge on any atom is 0.124 e. The van der Waals surface area contributed by atoms with Gasteiger partial charge in [-0.1, -0.05) is 12.1 Å². The molecule has 4 rings (SSSR count). The van der Waals surface area contributed by atoms with E-state index in [9.17, 15) is 0 Å². The van der Waals surface area contributed by atoms with E-state index >= 15 is 0 Å². The molecule has 1 fully saturated rings. The Balaban J connectivity index is 1.77. The van der Waals surface area contributed by atoms with Crippen molar-refractivity contribution in [2.75, 3.05) is 6.61 Å². The zero-order chi connectivity index (χ0) is 12.7. The van der Waals surface area contributed by atoms with Gasteiger partial charge in [-0.3, -0.25) is 0 Å². The van der Waals surface area contributed by atoms with Gasteiger partial charge in [0.15, 0.2) is 0 Å². The Bertz CT molecular complexity index is 710. The van der Waals surface area contributed by atoms with Gasteiger partial charge >= 0.3 is 0 Å². The first-order valence-corrected chi connectivity index (χ1v) is 7.37. The summed E-state index contributed by atoms with van der Waals surface area (Å²) in [6.45, 7) is 0.880. The van der Waals surface area contributed by atoms with Crippen LogP contribution in [0.15, 0.2) is 36.7 Å². The van der Waals surface area contributed by atoms with E-state index in [-0.39, 0.29) is 6.10 Å². The van der Waals surface area contributed by atoms with Crippen LogP contribution in [0, 0.1) is 0 Å². The molecule has 0 aliphatic carbocycles. The summed E-state index contributed by atoms with van der Waals surface area (Å²) in [6, 6.07) is 8.40. The summed E-state index contributed by atoms with van der Waals surface area (Å²) in [5.41, 5.74) is 2.36. The molecule has 1 aromatic carbocycles. The fraction of sp³-hybridized carbons (Fsp3) is 0.267. The van der Waals surface area contributed by atoms with Gasteiger partial charge in [0.05, 0.1) is 11.0 Å². The van der Waals surface area contributed by atoms with E-state index in [2.05, 4.69) is 34.2 Å². The van der Waals surface area contributed by atoms with Gasteiger partial charge in [-0.05, 0) is 25.0 Å². The lowest BCUT2D eigenvalue weighted by Crippen LogP contribution is -1.90. The number of aromatic amines is 1. The third-order valence-corrected chi connectivity index (χ3v) is 4.72. The van der Waals surface area contributed by atoms with Gasteiger partial charge in [-0.15, -0.1) is 11.3 Å². The highest BCUT2D eigenvalue weighted by atomic mass is 32.1. The molecule has 1 saturated heterocycles. The normalized spacial score (nSPS) is 19.3. The molecule has 3 heterocycles. The molecule has 3 aromatic rings. The van der Waals surface area contributed by atoms with Crippen LogP contribution < -0.4 is 0 Å². The number of benzene rings is 1. The van der Waals surface area contributed by atoms with Crippen LogP contribution >= 0.6 is 11.3 Å². The number of thiazole rings is 1. The molecule has 0 amide bonds. The van der Waals surface area contributed by atoms with Crippen molar-refractivity contribution in [1.82, 2.24) is 9.97 Å². The quantitative estimate of drug-likeness (QED) is 0.760. The summed E-state index contributed by atoms with van der Waals surface area (Å²) < 4.78 is 5.72. The molecule has 1 unspecified atom stereocenters. The topological polar surface area (TPSA) is 37.9 Å². The number of nitrogens with one attached hydrogen (secondary N) is 1. The SMILES string of the molecule is c1cc(-c2ncc(C3CCCO3)s2)c2cc[nH]c2c1. The molecule has 1 N–H and O–H groups in total. The van der Waals surface area contributed by atoms with Crippen LogP contribution in [0.3, 0.4) is 0 Å². The second-order valence-corrected chi connectivity index (χ2v) is 5.88. The summed E-state index contributed by atoms with van der Waals surface area (Å²) in [4.78, 5) is 9.08. The first-order valence-electron chi connectivity index (χ1n) is 6.55. The molecule has 1 aliphatic heterocycles. The predicted molar refractivity (Wildman–Crippen MR) is 77.3 cm³/mol. The summed E-state index contributed by atoms with van der Waals surface area (Å²) in [7, 11) is 0.